The zero-order chi connectivity index (χ0) is 17.1. The largest absolute Gasteiger partial charge is 0.301 e. The number of unbranched alkanes of at least 4 members (excludes halogenated alkanes) is 6. The summed E-state index contributed by atoms with van der Waals surface area (Å²) in [6.07, 6.45) is 9.58. The van der Waals surface area contributed by atoms with Crippen LogP contribution in [0.15, 0.2) is 23.3 Å². The first-order valence-corrected chi connectivity index (χ1v) is 7.76. The SMILES string of the molecule is CCCCCCCC/C=N\Nc1ccc([N+](=O)[O-])cc1[N+](=O)[O-]. The van der Waals surface area contributed by atoms with E-state index in [-0.39, 0.29) is 17.1 Å². The maximum absolute atomic E-state index is 10.9. The van der Waals surface area contributed by atoms with Gasteiger partial charge in [0.2, 0.25) is 0 Å². The van der Waals surface area contributed by atoms with Crippen LogP contribution in [0.5, 0.6) is 0 Å². The molecule has 0 heterocycles. The van der Waals surface area contributed by atoms with Crippen LogP contribution in [0.3, 0.4) is 0 Å². The average molecular weight is 322 g/mol. The molecule has 0 aliphatic rings. The van der Waals surface area contributed by atoms with Crippen molar-refractivity contribution in [2.24, 2.45) is 5.10 Å². The van der Waals surface area contributed by atoms with E-state index in [1.807, 2.05) is 0 Å². The van der Waals surface area contributed by atoms with Crippen LogP contribution >= 0.6 is 0 Å². The summed E-state index contributed by atoms with van der Waals surface area (Å²) in [4.78, 5) is 20.3. The molecule has 1 aromatic rings. The maximum Gasteiger partial charge on any atom is 0.301 e. The van der Waals surface area contributed by atoms with Gasteiger partial charge in [-0.2, -0.15) is 5.10 Å². The summed E-state index contributed by atoms with van der Waals surface area (Å²) in [6.45, 7) is 2.18. The molecule has 23 heavy (non-hydrogen) atoms. The Labute approximate surface area is 134 Å². The molecule has 0 saturated heterocycles. The first-order chi connectivity index (χ1) is 11.1. The molecule has 0 bridgehead atoms. The molecule has 0 amide bonds. The number of hydrogen-bond donors (Lipinski definition) is 1. The molecule has 1 N–H and O–H groups in total. The molecule has 8 nitrogen and oxygen atoms in total. The molecule has 0 atom stereocenters. The molecule has 0 aromatic heterocycles. The number of nitrogens with zero attached hydrogens (tertiary/aromatic N) is 3. The number of rotatable bonds is 11. The molecule has 0 spiro atoms. The number of nitro groups is 2. The van der Waals surface area contributed by atoms with Gasteiger partial charge in [-0.15, -0.1) is 0 Å². The molecular formula is C15H22N4O4. The molecule has 0 saturated carbocycles. The van der Waals surface area contributed by atoms with Gasteiger partial charge < -0.3 is 0 Å². The van der Waals surface area contributed by atoms with Gasteiger partial charge in [0, 0.05) is 12.3 Å². The lowest BCUT2D eigenvalue weighted by Gasteiger charge is -2.02. The second-order valence-electron chi connectivity index (χ2n) is 5.20. The van der Waals surface area contributed by atoms with E-state index in [2.05, 4.69) is 17.5 Å². The van der Waals surface area contributed by atoms with E-state index >= 15 is 0 Å². The van der Waals surface area contributed by atoms with Crippen molar-refractivity contribution < 1.29 is 9.85 Å². The molecule has 0 unspecified atom stereocenters. The predicted octanol–water partition coefficient (Wildman–Crippen LogP) is 4.65. The van der Waals surface area contributed by atoms with E-state index in [0.717, 1.165) is 25.3 Å². The van der Waals surface area contributed by atoms with E-state index in [4.69, 9.17) is 0 Å². The number of nitrogens with one attached hydrogen (secondary N) is 1. The highest BCUT2D eigenvalue weighted by Crippen LogP contribution is 2.28. The van der Waals surface area contributed by atoms with Gasteiger partial charge in [-0.1, -0.05) is 39.0 Å². The van der Waals surface area contributed by atoms with Crippen molar-refractivity contribution in [1.29, 1.82) is 0 Å². The fraction of sp³-hybridized carbons (Fsp3) is 0.533. The number of hydrogen-bond acceptors (Lipinski definition) is 6. The fourth-order valence-corrected chi connectivity index (χ4v) is 2.07. The van der Waals surface area contributed by atoms with E-state index in [0.29, 0.717) is 0 Å². The van der Waals surface area contributed by atoms with Gasteiger partial charge in [-0.05, 0) is 18.9 Å². The number of nitro benzene ring substituents is 2. The topological polar surface area (TPSA) is 111 Å². The average Bonchev–Trinajstić information content (AvgIpc) is 2.53. The molecular weight excluding hydrogens is 300 g/mol. The molecule has 1 aromatic carbocycles. The second-order valence-corrected chi connectivity index (χ2v) is 5.20. The summed E-state index contributed by atoms with van der Waals surface area (Å²) in [5.74, 6) is 0. The number of anilines is 1. The van der Waals surface area contributed by atoms with Crippen molar-refractivity contribution in [2.45, 2.75) is 51.9 Å². The third-order valence-electron chi connectivity index (χ3n) is 3.35. The standard InChI is InChI=1S/C15H22N4O4/c1-2-3-4-5-6-7-8-11-16-17-14-10-9-13(18(20)21)12-15(14)19(22)23/h9-12,17H,2-8H2,1H3/b16-11-. The van der Waals surface area contributed by atoms with Crippen molar-refractivity contribution in [3.05, 3.63) is 38.4 Å². The van der Waals surface area contributed by atoms with Crippen LogP contribution in [0.4, 0.5) is 17.1 Å². The molecule has 126 valence electrons. The number of non-ortho nitro benzene ring substituents is 1. The van der Waals surface area contributed by atoms with Gasteiger partial charge in [-0.25, -0.2) is 0 Å². The smallest absolute Gasteiger partial charge is 0.272 e. The summed E-state index contributed by atoms with van der Waals surface area (Å²) in [6, 6.07) is 3.42. The highest BCUT2D eigenvalue weighted by Gasteiger charge is 2.18. The highest BCUT2D eigenvalue weighted by atomic mass is 16.6. The Balaban J connectivity index is 2.46. The van der Waals surface area contributed by atoms with Gasteiger partial charge in [0.25, 0.3) is 5.69 Å². The summed E-state index contributed by atoms with van der Waals surface area (Å²) in [5, 5.41) is 25.5. The van der Waals surface area contributed by atoms with Crippen LogP contribution in [0.1, 0.15) is 51.9 Å². The second kappa shape index (κ2) is 10.3. The van der Waals surface area contributed by atoms with Crippen molar-refractivity contribution in [2.75, 3.05) is 5.43 Å². The summed E-state index contributed by atoms with van der Waals surface area (Å²) in [7, 11) is 0. The van der Waals surface area contributed by atoms with E-state index < -0.39 is 9.85 Å². The Kier molecular flexibility index (Phi) is 8.27. The molecule has 8 heteroatoms. The minimum Gasteiger partial charge on any atom is -0.272 e. The van der Waals surface area contributed by atoms with Crippen molar-refractivity contribution >= 4 is 23.3 Å². The van der Waals surface area contributed by atoms with Crippen molar-refractivity contribution in [1.82, 2.24) is 0 Å². The normalized spacial score (nSPS) is 10.8. The minimum atomic E-state index is -0.668. The summed E-state index contributed by atoms with van der Waals surface area (Å²) >= 11 is 0. The summed E-state index contributed by atoms with van der Waals surface area (Å²) < 4.78 is 0. The molecule has 1 rings (SSSR count). The molecule has 0 fully saturated rings. The van der Waals surface area contributed by atoms with Crippen molar-refractivity contribution in [3.8, 4) is 0 Å². The predicted molar refractivity (Wildman–Crippen MR) is 89.9 cm³/mol. The minimum absolute atomic E-state index is 0.139. The van der Waals surface area contributed by atoms with Crippen LogP contribution < -0.4 is 5.43 Å². The summed E-state index contributed by atoms with van der Waals surface area (Å²) in [5.41, 5.74) is 2.03. The Morgan fingerprint density at radius 3 is 2.43 bits per heavy atom. The third-order valence-corrected chi connectivity index (χ3v) is 3.35. The Hall–Kier alpha value is -2.51. The van der Waals surface area contributed by atoms with Gasteiger partial charge in [0.05, 0.1) is 15.9 Å². The molecule has 0 aliphatic carbocycles. The number of benzene rings is 1. The molecule has 0 aliphatic heterocycles. The maximum atomic E-state index is 10.9. The zero-order valence-corrected chi connectivity index (χ0v) is 13.2. The zero-order valence-electron chi connectivity index (χ0n) is 13.2. The van der Waals surface area contributed by atoms with Crippen LogP contribution in [0.2, 0.25) is 0 Å². The van der Waals surface area contributed by atoms with E-state index in [1.165, 1.54) is 37.8 Å². The monoisotopic (exact) mass is 322 g/mol. The quantitative estimate of drug-likeness (QED) is 0.276. The first-order valence-electron chi connectivity index (χ1n) is 7.76. The molecule has 0 radical (unpaired) electrons. The van der Waals surface area contributed by atoms with Crippen LogP contribution in [-0.2, 0) is 0 Å². The first kappa shape index (κ1) is 18.5. The van der Waals surface area contributed by atoms with Gasteiger partial charge in [0.1, 0.15) is 5.69 Å². The van der Waals surface area contributed by atoms with Crippen molar-refractivity contribution in [3.63, 3.8) is 0 Å². The third kappa shape index (κ3) is 6.86. The lowest BCUT2D eigenvalue weighted by molar-refractivity contribution is -0.393. The highest BCUT2D eigenvalue weighted by molar-refractivity contribution is 5.67. The van der Waals surface area contributed by atoms with E-state index in [1.54, 1.807) is 6.21 Å². The van der Waals surface area contributed by atoms with Gasteiger partial charge >= 0.3 is 5.69 Å². The van der Waals surface area contributed by atoms with Gasteiger partial charge in [-0.3, -0.25) is 25.7 Å². The lowest BCUT2D eigenvalue weighted by atomic mass is 10.1. The number of hydrazone groups is 1. The fourth-order valence-electron chi connectivity index (χ4n) is 2.07. The van der Waals surface area contributed by atoms with Gasteiger partial charge in [0.15, 0.2) is 0 Å². The van der Waals surface area contributed by atoms with Crippen LogP contribution in [0.25, 0.3) is 0 Å². The Bertz CT molecular complexity index is 560. The Morgan fingerprint density at radius 2 is 1.78 bits per heavy atom. The Morgan fingerprint density at radius 1 is 1.09 bits per heavy atom. The van der Waals surface area contributed by atoms with Crippen LogP contribution in [0, 0.1) is 20.2 Å². The lowest BCUT2D eigenvalue weighted by Crippen LogP contribution is -1.98. The van der Waals surface area contributed by atoms with E-state index in [9.17, 15) is 20.2 Å². The van der Waals surface area contributed by atoms with Crippen LogP contribution in [-0.4, -0.2) is 16.1 Å².